The van der Waals surface area contributed by atoms with Crippen LogP contribution in [0.15, 0.2) is 40.1 Å². The average Bonchev–Trinajstić information content (AvgIpc) is 2.74. The lowest BCUT2D eigenvalue weighted by Gasteiger charge is -2.25. The van der Waals surface area contributed by atoms with Crippen LogP contribution in [0.1, 0.15) is 23.2 Å². The molecule has 1 aliphatic heterocycles. The van der Waals surface area contributed by atoms with Gasteiger partial charge >= 0.3 is 0 Å². The van der Waals surface area contributed by atoms with E-state index < -0.39 is 16.7 Å². The van der Waals surface area contributed by atoms with Crippen molar-refractivity contribution in [2.45, 2.75) is 28.7 Å². The fraction of sp³-hybridized carbons (Fsp3) is 0.381. The number of ether oxygens (including phenoxy) is 3. The summed E-state index contributed by atoms with van der Waals surface area (Å²) in [5, 5.41) is 3.42. The minimum absolute atomic E-state index is 0.169. The predicted octanol–water partition coefficient (Wildman–Crippen LogP) is 3.29. The van der Waals surface area contributed by atoms with Gasteiger partial charge in [-0.15, -0.1) is 0 Å². The molecular formula is C21H26N2O5S2. The van der Waals surface area contributed by atoms with Crippen molar-refractivity contribution in [3.05, 3.63) is 35.9 Å². The zero-order valence-corrected chi connectivity index (χ0v) is 18.9. The SMILES string of the molecule is COc1cc(Sc2ccc(C(N)=O)c(NC3CCS(=O)CC3)c2)cc(OC)c1OC. The largest absolute Gasteiger partial charge is 0.493 e. The first-order chi connectivity index (χ1) is 14.4. The van der Waals surface area contributed by atoms with Gasteiger partial charge in [-0.05, 0) is 43.2 Å². The van der Waals surface area contributed by atoms with Crippen molar-refractivity contribution in [1.82, 2.24) is 0 Å². The first-order valence-corrected chi connectivity index (χ1v) is 11.8. The molecule has 2 aromatic carbocycles. The smallest absolute Gasteiger partial charge is 0.250 e. The lowest BCUT2D eigenvalue weighted by atomic mass is 10.1. The molecule has 0 spiro atoms. The molecule has 0 atom stereocenters. The van der Waals surface area contributed by atoms with Gasteiger partial charge in [-0.25, -0.2) is 0 Å². The van der Waals surface area contributed by atoms with Gasteiger partial charge in [0.25, 0.3) is 5.91 Å². The topological polar surface area (TPSA) is 99.9 Å². The van der Waals surface area contributed by atoms with Gasteiger partial charge in [-0.3, -0.25) is 9.00 Å². The summed E-state index contributed by atoms with van der Waals surface area (Å²) in [5.74, 6) is 2.53. The van der Waals surface area contributed by atoms with Gasteiger partial charge in [0.15, 0.2) is 11.5 Å². The van der Waals surface area contributed by atoms with Crippen LogP contribution in [0.25, 0.3) is 0 Å². The van der Waals surface area contributed by atoms with E-state index in [1.165, 1.54) is 11.8 Å². The summed E-state index contributed by atoms with van der Waals surface area (Å²) < 4.78 is 27.8. The number of nitrogens with two attached hydrogens (primary N) is 1. The van der Waals surface area contributed by atoms with Crippen LogP contribution >= 0.6 is 11.8 Å². The molecule has 9 heteroatoms. The number of hydrogen-bond acceptors (Lipinski definition) is 7. The highest BCUT2D eigenvalue weighted by Gasteiger charge is 2.20. The van der Waals surface area contributed by atoms with Crippen LogP contribution in [-0.2, 0) is 10.8 Å². The van der Waals surface area contributed by atoms with Gasteiger partial charge in [0.1, 0.15) is 0 Å². The van der Waals surface area contributed by atoms with Crippen molar-refractivity contribution >= 4 is 34.2 Å². The van der Waals surface area contributed by atoms with Gasteiger partial charge in [-0.1, -0.05) is 11.8 Å². The molecule has 7 nitrogen and oxygen atoms in total. The van der Waals surface area contributed by atoms with Crippen LogP contribution in [0, 0.1) is 0 Å². The number of nitrogens with one attached hydrogen (secondary N) is 1. The molecule has 0 unspecified atom stereocenters. The summed E-state index contributed by atoms with van der Waals surface area (Å²) in [5.41, 5.74) is 6.70. The number of carbonyl (C=O) groups is 1. The minimum atomic E-state index is -0.743. The van der Waals surface area contributed by atoms with Crippen LogP contribution < -0.4 is 25.3 Å². The van der Waals surface area contributed by atoms with Crippen LogP contribution in [0.3, 0.4) is 0 Å². The Balaban J connectivity index is 1.88. The second-order valence-corrected chi connectivity index (χ2v) is 9.64. The average molecular weight is 451 g/mol. The third-order valence-electron chi connectivity index (χ3n) is 4.88. The molecule has 0 aromatic heterocycles. The summed E-state index contributed by atoms with van der Waals surface area (Å²) >= 11 is 1.51. The van der Waals surface area contributed by atoms with Crippen molar-refractivity contribution in [3.8, 4) is 17.2 Å². The molecule has 1 aliphatic rings. The molecule has 3 N–H and O–H groups in total. The van der Waals surface area contributed by atoms with E-state index in [-0.39, 0.29) is 6.04 Å². The highest BCUT2D eigenvalue weighted by molar-refractivity contribution is 7.99. The Morgan fingerprint density at radius 2 is 1.67 bits per heavy atom. The summed E-state index contributed by atoms with van der Waals surface area (Å²) in [6, 6.07) is 9.41. The lowest BCUT2D eigenvalue weighted by molar-refractivity contribution is 0.100. The summed E-state index contributed by atoms with van der Waals surface area (Å²) in [6.07, 6.45) is 1.60. The molecule has 1 amide bonds. The number of benzene rings is 2. The first kappa shape index (κ1) is 22.3. The summed E-state index contributed by atoms with van der Waals surface area (Å²) in [7, 11) is 3.97. The molecule has 0 saturated carbocycles. The Morgan fingerprint density at radius 1 is 1.03 bits per heavy atom. The van der Waals surface area contributed by atoms with E-state index in [0.717, 1.165) is 22.6 Å². The van der Waals surface area contributed by atoms with E-state index in [9.17, 15) is 9.00 Å². The number of hydrogen-bond donors (Lipinski definition) is 2. The maximum Gasteiger partial charge on any atom is 0.250 e. The normalized spacial score (nSPS) is 18.5. The zero-order chi connectivity index (χ0) is 21.7. The number of carbonyl (C=O) groups excluding carboxylic acids is 1. The molecule has 0 aliphatic carbocycles. The van der Waals surface area contributed by atoms with E-state index in [0.29, 0.717) is 40.0 Å². The summed E-state index contributed by atoms with van der Waals surface area (Å²) in [4.78, 5) is 13.7. The van der Waals surface area contributed by atoms with E-state index in [1.807, 2.05) is 24.3 Å². The van der Waals surface area contributed by atoms with Gasteiger partial charge in [-0.2, -0.15) is 0 Å². The zero-order valence-electron chi connectivity index (χ0n) is 17.2. The van der Waals surface area contributed by atoms with Gasteiger partial charge < -0.3 is 25.3 Å². The third kappa shape index (κ3) is 5.20. The highest BCUT2D eigenvalue weighted by Crippen LogP contribution is 2.43. The van der Waals surface area contributed by atoms with E-state index in [4.69, 9.17) is 19.9 Å². The van der Waals surface area contributed by atoms with Crippen LogP contribution in [0.5, 0.6) is 17.2 Å². The molecule has 0 radical (unpaired) electrons. The van der Waals surface area contributed by atoms with Crippen molar-refractivity contribution < 1.29 is 23.2 Å². The lowest BCUT2D eigenvalue weighted by Crippen LogP contribution is -2.30. The highest BCUT2D eigenvalue weighted by atomic mass is 32.2. The first-order valence-electron chi connectivity index (χ1n) is 9.48. The molecule has 162 valence electrons. The predicted molar refractivity (Wildman–Crippen MR) is 120 cm³/mol. The molecule has 1 fully saturated rings. The van der Waals surface area contributed by atoms with E-state index in [2.05, 4.69) is 5.32 Å². The Labute approximate surface area is 183 Å². The molecule has 1 heterocycles. The van der Waals surface area contributed by atoms with Crippen LogP contribution in [-0.4, -0.2) is 49.0 Å². The Morgan fingerprint density at radius 3 is 2.20 bits per heavy atom. The minimum Gasteiger partial charge on any atom is -0.493 e. The van der Waals surface area contributed by atoms with Crippen molar-refractivity contribution in [1.29, 1.82) is 0 Å². The molecule has 3 rings (SSSR count). The van der Waals surface area contributed by atoms with Crippen molar-refractivity contribution in [2.24, 2.45) is 5.73 Å². The number of methoxy groups -OCH3 is 3. The maximum atomic E-state index is 11.9. The van der Waals surface area contributed by atoms with Crippen LogP contribution in [0.4, 0.5) is 5.69 Å². The maximum absolute atomic E-state index is 11.9. The van der Waals surface area contributed by atoms with Crippen LogP contribution in [0.2, 0.25) is 0 Å². The van der Waals surface area contributed by atoms with E-state index >= 15 is 0 Å². The second kappa shape index (κ2) is 10.1. The quantitative estimate of drug-likeness (QED) is 0.637. The van der Waals surface area contributed by atoms with Gasteiger partial charge in [0.05, 0.1) is 26.9 Å². The number of anilines is 1. The molecule has 2 aromatic rings. The second-order valence-electron chi connectivity index (χ2n) is 6.80. The van der Waals surface area contributed by atoms with Crippen molar-refractivity contribution in [2.75, 3.05) is 38.2 Å². The van der Waals surface area contributed by atoms with Gasteiger partial charge in [0.2, 0.25) is 5.75 Å². The number of amides is 1. The fourth-order valence-corrected chi connectivity index (χ4v) is 5.55. The van der Waals surface area contributed by atoms with Gasteiger partial charge in [0, 0.05) is 43.8 Å². The van der Waals surface area contributed by atoms with E-state index in [1.54, 1.807) is 27.4 Å². The standard InChI is InChI=1S/C21H26N2O5S2/c1-26-18-11-15(12-19(27-2)20(18)28-3)29-14-4-5-16(21(22)24)17(10-14)23-13-6-8-30(25)9-7-13/h4-5,10-13,23H,6-9H2,1-3H3,(H2,22,24). The Bertz CT molecular complexity index is 916. The van der Waals surface area contributed by atoms with Crippen molar-refractivity contribution in [3.63, 3.8) is 0 Å². The Hall–Kier alpha value is -2.39. The monoisotopic (exact) mass is 450 g/mol. The molecule has 0 bridgehead atoms. The molecule has 1 saturated heterocycles. The Kier molecular flexibility index (Phi) is 7.49. The summed E-state index contributed by atoms with van der Waals surface area (Å²) in [6.45, 7) is 0. The fourth-order valence-electron chi connectivity index (χ4n) is 3.33. The molecule has 30 heavy (non-hydrogen) atoms. The number of primary amides is 1. The molecular weight excluding hydrogens is 424 g/mol. The third-order valence-corrected chi connectivity index (χ3v) is 7.22. The number of rotatable bonds is 8.